The van der Waals surface area contributed by atoms with E-state index in [0.29, 0.717) is 17.9 Å². The van der Waals surface area contributed by atoms with E-state index in [9.17, 15) is 9.59 Å². The summed E-state index contributed by atoms with van der Waals surface area (Å²) in [5, 5.41) is 5.28. The van der Waals surface area contributed by atoms with Crippen LogP contribution >= 0.6 is 0 Å². The monoisotopic (exact) mass is 340 g/mol. The minimum Gasteiger partial charge on any atom is -0.496 e. The zero-order valence-electron chi connectivity index (χ0n) is 14.1. The molecule has 2 aromatic carbocycles. The number of urea groups is 1. The van der Waals surface area contributed by atoms with Crippen LogP contribution in [0.2, 0.25) is 0 Å². The maximum Gasteiger partial charge on any atom is 0.338 e. The molecule has 6 nitrogen and oxygen atoms in total. The van der Waals surface area contributed by atoms with Crippen molar-refractivity contribution in [2.24, 2.45) is 0 Å². The summed E-state index contributed by atoms with van der Waals surface area (Å²) in [6.07, 6.45) is 3.27. The second-order valence-corrected chi connectivity index (χ2v) is 4.97. The van der Waals surface area contributed by atoms with Gasteiger partial charge >= 0.3 is 12.0 Å². The summed E-state index contributed by atoms with van der Waals surface area (Å²) in [6, 6.07) is 13.5. The van der Waals surface area contributed by atoms with E-state index >= 15 is 0 Å². The van der Waals surface area contributed by atoms with Gasteiger partial charge in [-0.3, -0.25) is 0 Å². The van der Waals surface area contributed by atoms with Gasteiger partial charge in [0, 0.05) is 17.5 Å². The number of anilines is 1. The van der Waals surface area contributed by atoms with Gasteiger partial charge in [0.1, 0.15) is 5.75 Å². The number of rotatable bonds is 6. The molecule has 0 aliphatic carbocycles. The molecule has 0 aromatic heterocycles. The molecule has 0 spiro atoms. The molecule has 0 saturated carbocycles. The average Bonchev–Trinajstić information content (AvgIpc) is 2.63. The smallest absolute Gasteiger partial charge is 0.338 e. The minimum atomic E-state index is -0.393. The lowest BCUT2D eigenvalue weighted by molar-refractivity contribution is 0.0526. The van der Waals surface area contributed by atoms with Crippen LogP contribution < -0.4 is 15.4 Å². The maximum atomic E-state index is 11.9. The lowest BCUT2D eigenvalue weighted by atomic mass is 10.2. The molecule has 2 aromatic rings. The van der Waals surface area contributed by atoms with Crippen LogP contribution in [0.3, 0.4) is 0 Å². The summed E-state index contributed by atoms with van der Waals surface area (Å²) in [4.78, 5) is 23.4. The van der Waals surface area contributed by atoms with E-state index in [1.54, 1.807) is 44.4 Å². The van der Waals surface area contributed by atoms with Gasteiger partial charge in [-0.1, -0.05) is 18.2 Å². The molecular weight excluding hydrogens is 320 g/mol. The number of para-hydroxylation sites is 1. The zero-order chi connectivity index (χ0) is 18.1. The molecule has 0 atom stereocenters. The molecule has 0 aliphatic rings. The number of hydrogen-bond acceptors (Lipinski definition) is 4. The van der Waals surface area contributed by atoms with Crippen molar-refractivity contribution in [1.29, 1.82) is 0 Å². The van der Waals surface area contributed by atoms with Crippen LogP contribution in [0.15, 0.2) is 54.7 Å². The van der Waals surface area contributed by atoms with Crippen molar-refractivity contribution in [3.8, 4) is 5.75 Å². The number of carbonyl (C=O) groups is 2. The van der Waals surface area contributed by atoms with Gasteiger partial charge < -0.3 is 20.1 Å². The van der Waals surface area contributed by atoms with Gasteiger partial charge in [-0.15, -0.1) is 0 Å². The Labute approximate surface area is 146 Å². The van der Waals surface area contributed by atoms with E-state index in [2.05, 4.69) is 10.6 Å². The van der Waals surface area contributed by atoms with E-state index < -0.39 is 12.0 Å². The highest BCUT2D eigenvalue weighted by molar-refractivity contribution is 5.92. The van der Waals surface area contributed by atoms with Crippen molar-refractivity contribution in [2.45, 2.75) is 6.92 Å². The Bertz CT molecular complexity index is 754. The van der Waals surface area contributed by atoms with Crippen LogP contribution in [0, 0.1) is 0 Å². The van der Waals surface area contributed by atoms with E-state index in [0.717, 1.165) is 11.3 Å². The predicted octanol–water partition coefficient (Wildman–Crippen LogP) is 3.66. The first kappa shape index (κ1) is 18.1. The summed E-state index contributed by atoms with van der Waals surface area (Å²) < 4.78 is 10.1. The van der Waals surface area contributed by atoms with Gasteiger partial charge in [-0.05, 0) is 43.3 Å². The fourth-order valence-electron chi connectivity index (χ4n) is 2.08. The summed E-state index contributed by atoms with van der Waals surface area (Å²) in [7, 11) is 1.59. The standard InChI is InChI=1S/C19H20N2O4/c1-3-25-18(22)15-8-10-16(11-9-15)21-19(23)20-13-12-14-6-4-5-7-17(14)24-2/h4-13H,3H2,1-2H3,(H2,20,21,23)/b13-12+. The first-order chi connectivity index (χ1) is 12.1. The van der Waals surface area contributed by atoms with Gasteiger partial charge in [0.2, 0.25) is 0 Å². The molecule has 0 fully saturated rings. The molecule has 0 radical (unpaired) electrons. The Kier molecular flexibility index (Phi) is 6.59. The molecule has 0 saturated heterocycles. The lowest BCUT2D eigenvalue weighted by Crippen LogP contribution is -2.23. The molecule has 0 aliphatic heterocycles. The molecular formula is C19H20N2O4. The number of benzene rings is 2. The average molecular weight is 340 g/mol. The van der Waals surface area contributed by atoms with Crippen LogP contribution in [0.4, 0.5) is 10.5 Å². The highest BCUT2D eigenvalue weighted by Crippen LogP contribution is 2.18. The third-order valence-electron chi connectivity index (χ3n) is 3.27. The summed E-state index contributed by atoms with van der Waals surface area (Å²) in [6.45, 7) is 2.07. The van der Waals surface area contributed by atoms with E-state index in [-0.39, 0.29) is 0 Å². The first-order valence-electron chi connectivity index (χ1n) is 7.78. The topological polar surface area (TPSA) is 76.7 Å². The Morgan fingerprint density at radius 2 is 1.80 bits per heavy atom. The molecule has 2 amide bonds. The highest BCUT2D eigenvalue weighted by Gasteiger charge is 2.06. The SMILES string of the molecule is CCOC(=O)c1ccc(NC(=O)N/C=C/c2ccccc2OC)cc1. The maximum absolute atomic E-state index is 11.9. The van der Waals surface area contributed by atoms with Gasteiger partial charge in [0.05, 0.1) is 19.3 Å². The van der Waals surface area contributed by atoms with Crippen LogP contribution in [-0.2, 0) is 4.74 Å². The molecule has 0 bridgehead atoms. The largest absolute Gasteiger partial charge is 0.496 e. The van der Waals surface area contributed by atoms with Crippen LogP contribution in [0.5, 0.6) is 5.75 Å². The molecule has 0 heterocycles. The lowest BCUT2D eigenvalue weighted by Gasteiger charge is -2.06. The second kappa shape index (κ2) is 9.12. The number of methoxy groups -OCH3 is 1. The van der Waals surface area contributed by atoms with Crippen molar-refractivity contribution in [3.05, 3.63) is 65.9 Å². The number of carbonyl (C=O) groups excluding carboxylic acids is 2. The minimum absolute atomic E-state index is 0.319. The van der Waals surface area contributed by atoms with Crippen LogP contribution in [0.25, 0.3) is 6.08 Å². The predicted molar refractivity (Wildman–Crippen MR) is 96.6 cm³/mol. The Morgan fingerprint density at radius 3 is 2.48 bits per heavy atom. The molecule has 6 heteroatoms. The molecule has 2 rings (SSSR count). The second-order valence-electron chi connectivity index (χ2n) is 4.97. The first-order valence-corrected chi connectivity index (χ1v) is 7.78. The van der Waals surface area contributed by atoms with E-state index in [4.69, 9.17) is 9.47 Å². The van der Waals surface area contributed by atoms with Crippen molar-refractivity contribution in [2.75, 3.05) is 19.0 Å². The fraction of sp³-hybridized carbons (Fsp3) is 0.158. The van der Waals surface area contributed by atoms with Crippen molar-refractivity contribution in [3.63, 3.8) is 0 Å². The number of nitrogens with one attached hydrogen (secondary N) is 2. The van der Waals surface area contributed by atoms with Gasteiger partial charge in [-0.25, -0.2) is 9.59 Å². The number of esters is 1. The quantitative estimate of drug-likeness (QED) is 0.787. The van der Waals surface area contributed by atoms with Crippen LogP contribution in [0.1, 0.15) is 22.8 Å². The van der Waals surface area contributed by atoms with Crippen molar-refractivity contribution >= 4 is 23.8 Å². The Hall–Kier alpha value is -3.28. The third-order valence-corrected chi connectivity index (χ3v) is 3.27. The fourth-order valence-corrected chi connectivity index (χ4v) is 2.08. The zero-order valence-corrected chi connectivity index (χ0v) is 14.1. The third kappa shape index (κ3) is 5.39. The van der Waals surface area contributed by atoms with Gasteiger partial charge in [0.15, 0.2) is 0 Å². The summed E-state index contributed by atoms with van der Waals surface area (Å²) in [5.41, 5.74) is 1.85. The normalized spacial score (nSPS) is 10.3. The number of ether oxygens (including phenoxy) is 2. The molecule has 0 unspecified atom stereocenters. The number of hydrogen-bond donors (Lipinski definition) is 2. The van der Waals surface area contributed by atoms with Crippen LogP contribution in [-0.4, -0.2) is 25.7 Å². The molecule has 2 N–H and O–H groups in total. The van der Waals surface area contributed by atoms with Crippen molar-refractivity contribution < 1.29 is 19.1 Å². The van der Waals surface area contributed by atoms with E-state index in [1.165, 1.54) is 6.20 Å². The van der Waals surface area contributed by atoms with Gasteiger partial charge in [0.25, 0.3) is 0 Å². The molecule has 25 heavy (non-hydrogen) atoms. The van der Waals surface area contributed by atoms with E-state index in [1.807, 2.05) is 24.3 Å². The van der Waals surface area contributed by atoms with Crippen molar-refractivity contribution in [1.82, 2.24) is 5.32 Å². The Balaban J connectivity index is 1.90. The summed E-state index contributed by atoms with van der Waals surface area (Å²) >= 11 is 0. The summed E-state index contributed by atoms with van der Waals surface area (Å²) in [5.74, 6) is 0.328. The Morgan fingerprint density at radius 1 is 1.08 bits per heavy atom. The highest BCUT2D eigenvalue weighted by atomic mass is 16.5. The van der Waals surface area contributed by atoms with Gasteiger partial charge in [-0.2, -0.15) is 0 Å². The number of amides is 2. The molecule has 130 valence electrons.